The Morgan fingerprint density at radius 2 is 1.54 bits per heavy atom. The Labute approximate surface area is 239 Å². The summed E-state index contributed by atoms with van der Waals surface area (Å²) < 4.78 is 11.0. The molecular weight excluding hydrogens is 518 g/mol. The molecule has 4 unspecified atom stereocenters. The number of likely N-dealkylation sites (tertiary alicyclic amines) is 1. The molecule has 2 aliphatic rings. The number of carbonyl (C=O) groups excluding carboxylic acids is 3. The quantitative estimate of drug-likeness (QED) is 0.402. The van der Waals surface area contributed by atoms with Crippen LogP contribution in [0.4, 0.5) is 0 Å². The molecule has 0 spiro atoms. The maximum absolute atomic E-state index is 14.5. The van der Waals surface area contributed by atoms with Crippen molar-refractivity contribution in [2.45, 2.75) is 43.7 Å². The van der Waals surface area contributed by atoms with E-state index in [-0.39, 0.29) is 17.6 Å². The molecule has 3 aromatic carbocycles. The molecule has 1 saturated heterocycles. The number of carbonyl (C=O) groups is 3. The van der Waals surface area contributed by atoms with Crippen molar-refractivity contribution < 1.29 is 23.9 Å². The molecule has 0 radical (unpaired) electrons. The number of nitrogens with two attached hydrogens (primary N) is 1. The van der Waals surface area contributed by atoms with E-state index in [1.54, 1.807) is 47.4 Å². The van der Waals surface area contributed by atoms with Crippen LogP contribution in [-0.4, -0.2) is 42.8 Å². The zero-order valence-corrected chi connectivity index (χ0v) is 23.2. The van der Waals surface area contributed by atoms with Gasteiger partial charge in [0.25, 0.3) is 0 Å². The van der Waals surface area contributed by atoms with Gasteiger partial charge in [-0.3, -0.25) is 14.4 Å². The van der Waals surface area contributed by atoms with Gasteiger partial charge >= 0.3 is 0 Å². The van der Waals surface area contributed by atoms with Crippen LogP contribution in [0.15, 0.2) is 72.8 Å². The number of ketones is 1. The van der Waals surface area contributed by atoms with Crippen molar-refractivity contribution in [3.8, 4) is 17.6 Å². The Balaban J connectivity index is 1.75. The molecular formula is C33H33N3O5. The zero-order chi connectivity index (χ0) is 29.1. The average Bonchev–Trinajstić information content (AvgIpc) is 3.68. The fraction of sp³-hybridized carbons (Fsp3) is 0.333. The van der Waals surface area contributed by atoms with Crippen LogP contribution < -0.4 is 15.2 Å². The lowest BCUT2D eigenvalue weighted by Crippen LogP contribution is -2.48. The number of nitrogens with zero attached hydrogens (tertiary/aromatic N) is 2. The lowest BCUT2D eigenvalue weighted by Gasteiger charge is -2.33. The summed E-state index contributed by atoms with van der Waals surface area (Å²) in [5.74, 6) is -1.97. The molecule has 5 rings (SSSR count). The van der Waals surface area contributed by atoms with Crippen molar-refractivity contribution in [2.75, 3.05) is 14.2 Å². The molecule has 1 saturated carbocycles. The van der Waals surface area contributed by atoms with E-state index >= 15 is 0 Å². The van der Waals surface area contributed by atoms with E-state index in [1.165, 1.54) is 14.2 Å². The van der Waals surface area contributed by atoms with Crippen molar-refractivity contribution in [1.82, 2.24) is 4.90 Å². The van der Waals surface area contributed by atoms with Gasteiger partial charge in [0.15, 0.2) is 17.3 Å². The highest BCUT2D eigenvalue weighted by Crippen LogP contribution is 2.53. The summed E-state index contributed by atoms with van der Waals surface area (Å²) in [6.45, 7) is 0. The third-order valence-electron chi connectivity index (χ3n) is 8.45. The molecule has 4 atom stereocenters. The normalized spacial score (nSPS) is 22.2. The number of Topliss-reactive ketones (excluding diaryl/α,β-unsaturated/α-hetero) is 1. The Kier molecular flexibility index (Phi) is 8.06. The molecule has 41 heavy (non-hydrogen) atoms. The van der Waals surface area contributed by atoms with E-state index in [0.717, 1.165) is 31.2 Å². The number of hydrogen-bond donors (Lipinski definition) is 1. The third-order valence-corrected chi connectivity index (χ3v) is 8.45. The van der Waals surface area contributed by atoms with Gasteiger partial charge in [0.1, 0.15) is 6.04 Å². The van der Waals surface area contributed by atoms with Gasteiger partial charge in [0.2, 0.25) is 11.8 Å². The van der Waals surface area contributed by atoms with Crippen molar-refractivity contribution >= 4 is 17.6 Å². The largest absolute Gasteiger partial charge is 0.493 e. The lowest BCUT2D eigenvalue weighted by atomic mass is 9.76. The maximum Gasteiger partial charge on any atom is 0.240 e. The van der Waals surface area contributed by atoms with Gasteiger partial charge in [-0.05, 0) is 48.2 Å². The number of methoxy groups -OCH3 is 2. The molecule has 2 fully saturated rings. The number of nitriles is 1. The lowest BCUT2D eigenvalue weighted by molar-refractivity contribution is -0.143. The van der Waals surface area contributed by atoms with Crippen molar-refractivity contribution in [3.63, 3.8) is 0 Å². The van der Waals surface area contributed by atoms with Crippen molar-refractivity contribution in [2.24, 2.45) is 17.6 Å². The van der Waals surface area contributed by atoms with E-state index < -0.39 is 29.8 Å². The Bertz CT molecular complexity index is 1470. The molecule has 2 N–H and O–H groups in total. The molecule has 210 valence electrons. The smallest absolute Gasteiger partial charge is 0.240 e. The van der Waals surface area contributed by atoms with Gasteiger partial charge < -0.3 is 20.1 Å². The molecule has 1 aliphatic carbocycles. The molecule has 3 aromatic rings. The molecule has 0 bridgehead atoms. The standard InChI is InChI=1S/C33H33N3O5/c1-40-25-17-16-24(18-26(25)41-2)27-28(31(37)22-14-12-20(19-34)13-15-22)29(21-8-4-3-5-9-21)36(30(27)32(35)38)33(39)23-10-6-7-11-23/h3-5,8-9,12-18,23,27-30H,6-7,10-11H2,1-2H3,(H2,35,38). The number of ether oxygens (including phenoxy) is 2. The Hall–Kier alpha value is -4.64. The van der Waals surface area contributed by atoms with Crippen LogP contribution in [0.2, 0.25) is 0 Å². The fourth-order valence-electron chi connectivity index (χ4n) is 6.56. The number of benzene rings is 3. The van der Waals surface area contributed by atoms with E-state index in [2.05, 4.69) is 6.07 Å². The Morgan fingerprint density at radius 1 is 0.878 bits per heavy atom. The van der Waals surface area contributed by atoms with Crippen LogP contribution in [0.3, 0.4) is 0 Å². The number of primary amides is 1. The maximum atomic E-state index is 14.5. The van der Waals surface area contributed by atoms with Gasteiger partial charge in [-0.25, -0.2) is 0 Å². The first kappa shape index (κ1) is 27.9. The van der Waals surface area contributed by atoms with E-state index in [0.29, 0.717) is 28.2 Å². The van der Waals surface area contributed by atoms with Crippen LogP contribution in [0.25, 0.3) is 0 Å². The summed E-state index contributed by atoms with van der Waals surface area (Å²) in [5.41, 5.74) is 8.33. The second-order valence-corrected chi connectivity index (χ2v) is 10.6. The second kappa shape index (κ2) is 11.8. The first-order chi connectivity index (χ1) is 19.9. The minimum absolute atomic E-state index is 0.152. The van der Waals surface area contributed by atoms with Crippen LogP contribution in [0.1, 0.15) is 64.7 Å². The van der Waals surface area contributed by atoms with Gasteiger partial charge in [-0.15, -0.1) is 0 Å². The van der Waals surface area contributed by atoms with Gasteiger partial charge in [0.05, 0.1) is 37.8 Å². The highest BCUT2D eigenvalue weighted by atomic mass is 16.5. The van der Waals surface area contributed by atoms with E-state index in [4.69, 9.17) is 15.2 Å². The number of rotatable bonds is 8. The SMILES string of the molecule is COc1ccc(C2C(C(=O)c3ccc(C#N)cc3)C(c3ccccc3)N(C(=O)C3CCCC3)C2C(N)=O)cc1OC. The average molecular weight is 552 g/mol. The molecule has 1 aliphatic heterocycles. The monoisotopic (exact) mass is 551 g/mol. The van der Waals surface area contributed by atoms with E-state index in [9.17, 15) is 19.6 Å². The zero-order valence-electron chi connectivity index (χ0n) is 23.2. The van der Waals surface area contributed by atoms with Gasteiger partial charge in [-0.1, -0.05) is 61.4 Å². The summed E-state index contributed by atoms with van der Waals surface area (Å²) >= 11 is 0. The molecule has 2 amide bonds. The van der Waals surface area contributed by atoms with Crippen LogP contribution >= 0.6 is 0 Å². The first-order valence-electron chi connectivity index (χ1n) is 13.8. The summed E-state index contributed by atoms with van der Waals surface area (Å²) in [7, 11) is 3.05. The van der Waals surface area contributed by atoms with Gasteiger partial charge in [0, 0.05) is 17.4 Å². The van der Waals surface area contributed by atoms with Crippen molar-refractivity contribution in [1.29, 1.82) is 5.26 Å². The van der Waals surface area contributed by atoms with Crippen LogP contribution in [0.5, 0.6) is 11.5 Å². The number of amides is 2. The van der Waals surface area contributed by atoms with Gasteiger partial charge in [-0.2, -0.15) is 5.26 Å². The number of hydrogen-bond acceptors (Lipinski definition) is 6. The fourth-order valence-corrected chi connectivity index (χ4v) is 6.56. The predicted molar refractivity (Wildman–Crippen MR) is 152 cm³/mol. The highest BCUT2D eigenvalue weighted by molar-refractivity contribution is 6.02. The van der Waals surface area contributed by atoms with Crippen LogP contribution in [0, 0.1) is 23.2 Å². The highest BCUT2D eigenvalue weighted by Gasteiger charge is 2.57. The Morgan fingerprint density at radius 3 is 2.12 bits per heavy atom. The van der Waals surface area contributed by atoms with E-state index in [1.807, 2.05) is 30.3 Å². The molecule has 8 heteroatoms. The minimum Gasteiger partial charge on any atom is -0.493 e. The molecule has 0 aromatic heterocycles. The summed E-state index contributed by atoms with van der Waals surface area (Å²) in [6, 6.07) is 21.3. The van der Waals surface area contributed by atoms with Crippen LogP contribution in [-0.2, 0) is 9.59 Å². The minimum atomic E-state index is -1.07. The molecule has 1 heterocycles. The third kappa shape index (κ3) is 5.16. The molecule has 8 nitrogen and oxygen atoms in total. The topological polar surface area (TPSA) is 123 Å². The first-order valence-corrected chi connectivity index (χ1v) is 13.8. The predicted octanol–water partition coefficient (Wildman–Crippen LogP) is 4.79. The van der Waals surface area contributed by atoms with Crippen molar-refractivity contribution in [3.05, 3.63) is 95.1 Å². The summed E-state index contributed by atoms with van der Waals surface area (Å²) in [6.07, 6.45) is 3.34. The second-order valence-electron chi connectivity index (χ2n) is 10.6. The summed E-state index contributed by atoms with van der Waals surface area (Å²) in [4.78, 5) is 43.8. The summed E-state index contributed by atoms with van der Waals surface area (Å²) in [5, 5.41) is 9.30.